The number of nitrogens with one attached hydrogen (secondary N) is 1. The largest absolute Gasteiger partial charge is 0.315 e. The summed E-state index contributed by atoms with van der Waals surface area (Å²) in [7, 11) is 0. The second-order valence-electron chi connectivity index (χ2n) is 5.18. The van der Waals surface area contributed by atoms with Gasteiger partial charge in [0.15, 0.2) is 0 Å². The third-order valence-electron chi connectivity index (χ3n) is 3.25. The van der Waals surface area contributed by atoms with E-state index in [0.29, 0.717) is 0 Å². The van der Waals surface area contributed by atoms with Crippen molar-refractivity contribution in [3.63, 3.8) is 0 Å². The molecule has 2 heteroatoms. The predicted molar refractivity (Wildman–Crippen MR) is 67.2 cm³/mol. The highest BCUT2D eigenvalue weighted by molar-refractivity contribution is 4.88. The molecule has 1 saturated carbocycles. The lowest BCUT2D eigenvalue weighted by atomic mass is 10.1. The summed E-state index contributed by atoms with van der Waals surface area (Å²) in [6.45, 7) is 12.7. The van der Waals surface area contributed by atoms with Crippen LogP contribution in [0, 0.1) is 5.92 Å². The fraction of sp³-hybridized carbons (Fsp3) is 1.00. The lowest BCUT2D eigenvalue weighted by Crippen LogP contribution is -2.43. The average Bonchev–Trinajstić information content (AvgIpc) is 3.00. The molecule has 0 amide bonds. The smallest absolute Gasteiger partial charge is 0.0220 e. The summed E-state index contributed by atoms with van der Waals surface area (Å²) in [5.74, 6) is 0.763. The Morgan fingerprint density at radius 2 is 1.87 bits per heavy atom. The molecule has 0 aliphatic heterocycles. The van der Waals surface area contributed by atoms with Gasteiger partial charge in [0.1, 0.15) is 0 Å². The molecule has 0 saturated heterocycles. The van der Waals surface area contributed by atoms with E-state index in [1.807, 2.05) is 0 Å². The number of hydrogen-bond donors (Lipinski definition) is 1. The van der Waals surface area contributed by atoms with Crippen LogP contribution in [0.2, 0.25) is 0 Å². The number of rotatable bonds is 8. The highest BCUT2D eigenvalue weighted by Gasteiger charge is 2.31. The molecule has 0 aromatic carbocycles. The first-order valence-corrected chi connectivity index (χ1v) is 6.65. The Labute approximate surface area is 95.4 Å². The Balaban J connectivity index is 2.26. The molecule has 1 aliphatic rings. The van der Waals surface area contributed by atoms with E-state index in [4.69, 9.17) is 0 Å². The molecule has 1 unspecified atom stereocenters. The summed E-state index contributed by atoms with van der Waals surface area (Å²) in [6.07, 6.45) is 4.12. The van der Waals surface area contributed by atoms with Crippen LogP contribution in [-0.4, -0.2) is 36.6 Å². The Kier molecular flexibility index (Phi) is 5.62. The summed E-state index contributed by atoms with van der Waals surface area (Å²) < 4.78 is 0. The van der Waals surface area contributed by atoms with Gasteiger partial charge >= 0.3 is 0 Å². The van der Waals surface area contributed by atoms with Crippen LogP contribution < -0.4 is 5.32 Å². The average molecular weight is 212 g/mol. The maximum Gasteiger partial charge on any atom is 0.0220 e. The third-order valence-corrected chi connectivity index (χ3v) is 3.25. The van der Waals surface area contributed by atoms with Gasteiger partial charge in [0, 0.05) is 18.6 Å². The van der Waals surface area contributed by atoms with Crippen LogP contribution in [0.3, 0.4) is 0 Å². The van der Waals surface area contributed by atoms with Crippen LogP contribution in [0.1, 0.15) is 47.0 Å². The molecule has 0 heterocycles. The van der Waals surface area contributed by atoms with Crippen molar-refractivity contribution < 1.29 is 0 Å². The molecule has 90 valence electrons. The fourth-order valence-electron chi connectivity index (χ4n) is 2.26. The van der Waals surface area contributed by atoms with E-state index in [-0.39, 0.29) is 0 Å². The molecular weight excluding hydrogens is 184 g/mol. The van der Waals surface area contributed by atoms with Gasteiger partial charge in [0.05, 0.1) is 0 Å². The minimum atomic E-state index is 0.751. The summed E-state index contributed by atoms with van der Waals surface area (Å²) in [5, 5.41) is 3.59. The van der Waals surface area contributed by atoms with Crippen LogP contribution in [0.25, 0.3) is 0 Å². The quantitative estimate of drug-likeness (QED) is 0.665. The standard InChI is InChI=1S/C13H28N2/c1-5-12(10-14-9-11(3)4)15(6-2)13-7-8-13/h11-14H,5-10H2,1-4H3. The summed E-state index contributed by atoms with van der Waals surface area (Å²) in [6, 6.07) is 1.65. The molecule has 0 aromatic heterocycles. The van der Waals surface area contributed by atoms with Crippen molar-refractivity contribution in [3.8, 4) is 0 Å². The van der Waals surface area contributed by atoms with Gasteiger partial charge < -0.3 is 5.32 Å². The van der Waals surface area contributed by atoms with Crippen molar-refractivity contribution >= 4 is 0 Å². The van der Waals surface area contributed by atoms with Crippen molar-refractivity contribution in [2.45, 2.75) is 59.0 Å². The molecular formula is C13H28N2. The van der Waals surface area contributed by atoms with E-state index >= 15 is 0 Å². The van der Waals surface area contributed by atoms with E-state index in [1.165, 1.54) is 32.4 Å². The van der Waals surface area contributed by atoms with Crippen LogP contribution >= 0.6 is 0 Å². The first-order chi connectivity index (χ1) is 7.19. The maximum atomic E-state index is 3.59. The zero-order valence-corrected chi connectivity index (χ0v) is 10.9. The monoisotopic (exact) mass is 212 g/mol. The summed E-state index contributed by atoms with van der Waals surface area (Å²) >= 11 is 0. The molecule has 0 aromatic rings. The highest BCUT2D eigenvalue weighted by atomic mass is 15.2. The van der Waals surface area contributed by atoms with E-state index in [9.17, 15) is 0 Å². The molecule has 1 fully saturated rings. The first kappa shape index (κ1) is 13.0. The van der Waals surface area contributed by atoms with Gasteiger partial charge in [-0.05, 0) is 38.3 Å². The van der Waals surface area contributed by atoms with Crippen molar-refractivity contribution in [1.82, 2.24) is 10.2 Å². The summed E-state index contributed by atoms with van der Waals surface area (Å²) in [5.41, 5.74) is 0. The molecule has 2 nitrogen and oxygen atoms in total. The molecule has 1 aliphatic carbocycles. The Bertz CT molecular complexity index is 164. The number of hydrogen-bond acceptors (Lipinski definition) is 2. The van der Waals surface area contributed by atoms with E-state index in [0.717, 1.165) is 24.5 Å². The molecule has 1 atom stereocenters. The van der Waals surface area contributed by atoms with Crippen molar-refractivity contribution in [1.29, 1.82) is 0 Å². The number of nitrogens with zero attached hydrogens (tertiary/aromatic N) is 1. The van der Waals surface area contributed by atoms with Crippen molar-refractivity contribution in [3.05, 3.63) is 0 Å². The van der Waals surface area contributed by atoms with Gasteiger partial charge in [0.2, 0.25) is 0 Å². The topological polar surface area (TPSA) is 15.3 Å². The fourth-order valence-corrected chi connectivity index (χ4v) is 2.26. The molecule has 0 radical (unpaired) electrons. The Morgan fingerprint density at radius 1 is 1.20 bits per heavy atom. The van der Waals surface area contributed by atoms with E-state index < -0.39 is 0 Å². The Morgan fingerprint density at radius 3 is 2.27 bits per heavy atom. The van der Waals surface area contributed by atoms with E-state index in [1.54, 1.807) is 0 Å². The molecule has 1 rings (SSSR count). The van der Waals surface area contributed by atoms with E-state index in [2.05, 4.69) is 37.9 Å². The van der Waals surface area contributed by atoms with Crippen LogP contribution in [-0.2, 0) is 0 Å². The van der Waals surface area contributed by atoms with Gasteiger partial charge in [-0.25, -0.2) is 0 Å². The van der Waals surface area contributed by atoms with Crippen molar-refractivity contribution in [2.75, 3.05) is 19.6 Å². The minimum absolute atomic E-state index is 0.751. The second kappa shape index (κ2) is 6.49. The molecule has 15 heavy (non-hydrogen) atoms. The second-order valence-corrected chi connectivity index (χ2v) is 5.18. The molecule has 0 spiro atoms. The van der Waals surface area contributed by atoms with Gasteiger partial charge in [-0.15, -0.1) is 0 Å². The van der Waals surface area contributed by atoms with Gasteiger partial charge in [-0.1, -0.05) is 27.7 Å². The lowest BCUT2D eigenvalue weighted by Gasteiger charge is -2.30. The SMILES string of the molecule is CCC(CNCC(C)C)N(CC)C1CC1. The third kappa shape index (κ3) is 4.52. The highest BCUT2D eigenvalue weighted by Crippen LogP contribution is 2.28. The zero-order valence-electron chi connectivity index (χ0n) is 10.9. The first-order valence-electron chi connectivity index (χ1n) is 6.65. The lowest BCUT2D eigenvalue weighted by molar-refractivity contribution is 0.185. The van der Waals surface area contributed by atoms with Crippen LogP contribution in [0.15, 0.2) is 0 Å². The predicted octanol–water partition coefficient (Wildman–Crippen LogP) is 2.49. The maximum absolute atomic E-state index is 3.59. The Hall–Kier alpha value is -0.0800. The zero-order chi connectivity index (χ0) is 11.3. The van der Waals surface area contributed by atoms with Gasteiger partial charge in [-0.3, -0.25) is 4.90 Å². The molecule has 0 bridgehead atoms. The van der Waals surface area contributed by atoms with Crippen LogP contribution in [0.5, 0.6) is 0 Å². The minimum Gasteiger partial charge on any atom is -0.315 e. The summed E-state index contributed by atoms with van der Waals surface area (Å²) in [4.78, 5) is 2.69. The molecule has 1 N–H and O–H groups in total. The van der Waals surface area contributed by atoms with Gasteiger partial charge in [0.25, 0.3) is 0 Å². The normalized spacial score (nSPS) is 18.8. The van der Waals surface area contributed by atoms with Crippen LogP contribution in [0.4, 0.5) is 0 Å². The van der Waals surface area contributed by atoms with Crippen molar-refractivity contribution in [2.24, 2.45) is 5.92 Å². The van der Waals surface area contributed by atoms with Gasteiger partial charge in [-0.2, -0.15) is 0 Å². The number of likely N-dealkylation sites (N-methyl/N-ethyl adjacent to an activating group) is 1.